The summed E-state index contributed by atoms with van der Waals surface area (Å²) in [5, 5.41) is 6.28. The Labute approximate surface area is 148 Å². The van der Waals surface area contributed by atoms with Gasteiger partial charge in [0, 0.05) is 5.56 Å². The van der Waals surface area contributed by atoms with E-state index in [-0.39, 0.29) is 18.3 Å². The minimum Gasteiger partial charge on any atom is -0.332 e. The Morgan fingerprint density at radius 3 is 2.54 bits per heavy atom. The molecule has 3 N–H and O–H groups in total. The van der Waals surface area contributed by atoms with Crippen molar-refractivity contribution in [3.8, 4) is 0 Å². The monoisotopic (exact) mass is 359 g/mol. The molecule has 0 bridgehead atoms. The zero-order valence-electron chi connectivity index (χ0n) is 14.1. The molecule has 0 aliphatic rings. The van der Waals surface area contributed by atoms with Crippen molar-refractivity contribution in [1.82, 2.24) is 0 Å². The highest BCUT2D eigenvalue weighted by molar-refractivity contribution is 5.91. The molecule has 0 aromatic heterocycles. The van der Waals surface area contributed by atoms with E-state index < -0.39 is 23.4 Å². The van der Waals surface area contributed by atoms with E-state index in [1.807, 2.05) is 49.4 Å². The molecule has 1 amide bonds. The van der Waals surface area contributed by atoms with Crippen LogP contribution in [0.15, 0.2) is 54.6 Å². The summed E-state index contributed by atoms with van der Waals surface area (Å²) >= 11 is 0. The zero-order chi connectivity index (χ0) is 18.7. The summed E-state index contributed by atoms with van der Waals surface area (Å²) in [4.78, 5) is 12.0. The first-order valence-electron chi connectivity index (χ1n) is 8.21. The van der Waals surface area contributed by atoms with Gasteiger partial charge in [-0.15, -0.1) is 0 Å². The molecule has 3 aromatic carbocycles. The highest BCUT2D eigenvalue weighted by atomic mass is 19.2. The van der Waals surface area contributed by atoms with Crippen LogP contribution in [0, 0.1) is 17.5 Å². The molecular formula is C20H18F3N2O+. The van der Waals surface area contributed by atoms with Crippen LogP contribution in [-0.4, -0.2) is 12.5 Å². The summed E-state index contributed by atoms with van der Waals surface area (Å²) < 4.78 is 39.8. The molecule has 0 aliphatic carbocycles. The number of rotatable bonds is 5. The second-order valence-electron chi connectivity index (χ2n) is 6.07. The average Bonchev–Trinajstić information content (AvgIpc) is 2.66. The molecule has 3 aromatic rings. The topological polar surface area (TPSA) is 45.7 Å². The Morgan fingerprint density at radius 2 is 1.73 bits per heavy atom. The number of carbonyl (C=O) groups excluding carboxylic acids is 1. The first-order valence-corrected chi connectivity index (χ1v) is 8.21. The van der Waals surface area contributed by atoms with Crippen molar-refractivity contribution in [1.29, 1.82) is 0 Å². The van der Waals surface area contributed by atoms with Crippen molar-refractivity contribution < 1.29 is 23.3 Å². The lowest BCUT2D eigenvalue weighted by molar-refractivity contribution is -0.682. The smallest absolute Gasteiger partial charge is 0.279 e. The Bertz CT molecular complexity index is 954. The number of halogens is 3. The number of benzene rings is 3. The molecule has 134 valence electrons. The lowest BCUT2D eigenvalue weighted by Gasteiger charge is -2.14. The third-order valence-electron chi connectivity index (χ3n) is 4.28. The summed E-state index contributed by atoms with van der Waals surface area (Å²) in [5.74, 6) is -4.80. The Morgan fingerprint density at radius 1 is 1.00 bits per heavy atom. The van der Waals surface area contributed by atoms with E-state index in [0.29, 0.717) is 0 Å². The lowest BCUT2D eigenvalue weighted by Crippen LogP contribution is -2.86. The second kappa shape index (κ2) is 7.58. The van der Waals surface area contributed by atoms with E-state index in [2.05, 4.69) is 5.32 Å². The standard InChI is InChI=1S/C20H17F3N2O/c1-12(14-8-4-6-13-5-2-3-7-15(13)14)24-11-18(26)25-17-10-9-16(21)19(22)20(17)23/h2-10,12,24H,11H2,1H3,(H,25,26)/p+1/t12-/m1/s1. The third-order valence-corrected chi connectivity index (χ3v) is 4.28. The van der Waals surface area contributed by atoms with Crippen LogP contribution in [0.3, 0.4) is 0 Å². The molecule has 6 heteroatoms. The fourth-order valence-electron chi connectivity index (χ4n) is 2.88. The van der Waals surface area contributed by atoms with Gasteiger partial charge in [-0.1, -0.05) is 42.5 Å². The molecule has 0 unspecified atom stereocenters. The fourth-order valence-corrected chi connectivity index (χ4v) is 2.88. The van der Waals surface area contributed by atoms with Gasteiger partial charge in [-0.3, -0.25) is 4.79 Å². The van der Waals surface area contributed by atoms with Crippen LogP contribution in [-0.2, 0) is 4.79 Å². The average molecular weight is 359 g/mol. The minimum absolute atomic E-state index is 0.0124. The summed E-state index contributed by atoms with van der Waals surface area (Å²) in [5.41, 5.74) is 0.704. The summed E-state index contributed by atoms with van der Waals surface area (Å²) in [6.07, 6.45) is 0. The molecule has 0 saturated heterocycles. The quantitative estimate of drug-likeness (QED) is 0.673. The van der Waals surface area contributed by atoms with Gasteiger partial charge >= 0.3 is 0 Å². The normalized spacial score (nSPS) is 12.2. The molecule has 0 aliphatic heterocycles. The third kappa shape index (κ3) is 3.70. The number of quaternary nitrogens is 1. The summed E-state index contributed by atoms with van der Waals surface area (Å²) in [6, 6.07) is 15.7. The van der Waals surface area contributed by atoms with Crippen molar-refractivity contribution in [2.45, 2.75) is 13.0 Å². The van der Waals surface area contributed by atoms with E-state index in [0.717, 1.165) is 28.5 Å². The van der Waals surface area contributed by atoms with E-state index in [1.54, 1.807) is 5.32 Å². The predicted molar refractivity (Wildman–Crippen MR) is 94.1 cm³/mol. The van der Waals surface area contributed by atoms with Gasteiger partial charge in [0.05, 0.1) is 5.69 Å². The van der Waals surface area contributed by atoms with Crippen molar-refractivity contribution in [2.75, 3.05) is 11.9 Å². The van der Waals surface area contributed by atoms with Gasteiger partial charge in [-0.05, 0) is 29.8 Å². The minimum atomic E-state index is -1.60. The van der Waals surface area contributed by atoms with E-state index in [1.165, 1.54) is 0 Å². The molecule has 0 fully saturated rings. The van der Waals surface area contributed by atoms with Gasteiger partial charge in [-0.2, -0.15) is 0 Å². The van der Waals surface area contributed by atoms with Gasteiger partial charge in [0.25, 0.3) is 5.91 Å². The number of anilines is 1. The number of hydrogen-bond acceptors (Lipinski definition) is 1. The first-order chi connectivity index (χ1) is 12.5. The number of amides is 1. The Hall–Kier alpha value is -2.86. The number of carbonyl (C=O) groups is 1. The van der Waals surface area contributed by atoms with Crippen molar-refractivity contribution in [3.63, 3.8) is 0 Å². The maximum atomic E-state index is 13.6. The first kappa shape index (κ1) is 17.9. The molecule has 0 spiro atoms. The fraction of sp³-hybridized carbons (Fsp3) is 0.150. The van der Waals surface area contributed by atoms with E-state index in [4.69, 9.17) is 0 Å². The highest BCUT2D eigenvalue weighted by Crippen LogP contribution is 2.22. The number of hydrogen-bond donors (Lipinski definition) is 2. The molecule has 0 heterocycles. The molecule has 3 rings (SSSR count). The van der Waals surface area contributed by atoms with Crippen LogP contribution < -0.4 is 10.6 Å². The van der Waals surface area contributed by atoms with E-state index >= 15 is 0 Å². The highest BCUT2D eigenvalue weighted by Gasteiger charge is 2.17. The Balaban J connectivity index is 1.67. The van der Waals surface area contributed by atoms with Crippen molar-refractivity contribution in [2.24, 2.45) is 0 Å². The summed E-state index contributed by atoms with van der Waals surface area (Å²) in [6.45, 7) is 1.98. The SMILES string of the molecule is C[C@@H]([NH2+]CC(=O)Nc1ccc(F)c(F)c1F)c1cccc2ccccc12. The largest absolute Gasteiger partial charge is 0.332 e. The zero-order valence-corrected chi connectivity index (χ0v) is 14.1. The van der Waals surface area contributed by atoms with Gasteiger partial charge in [-0.25, -0.2) is 13.2 Å². The second-order valence-corrected chi connectivity index (χ2v) is 6.07. The van der Waals surface area contributed by atoms with Crippen LogP contribution in [0.5, 0.6) is 0 Å². The number of fused-ring (bicyclic) bond motifs is 1. The Kier molecular flexibility index (Phi) is 5.23. The molecule has 0 saturated carbocycles. The van der Waals surface area contributed by atoms with Crippen LogP contribution in [0.4, 0.5) is 18.9 Å². The van der Waals surface area contributed by atoms with Crippen molar-refractivity contribution in [3.05, 3.63) is 77.6 Å². The van der Waals surface area contributed by atoms with Gasteiger partial charge in [0.1, 0.15) is 6.04 Å². The molecule has 3 nitrogen and oxygen atoms in total. The summed E-state index contributed by atoms with van der Waals surface area (Å²) in [7, 11) is 0. The molecule has 1 atom stereocenters. The van der Waals surface area contributed by atoms with Crippen molar-refractivity contribution >= 4 is 22.4 Å². The maximum absolute atomic E-state index is 13.6. The lowest BCUT2D eigenvalue weighted by atomic mass is 10.00. The molecule has 26 heavy (non-hydrogen) atoms. The maximum Gasteiger partial charge on any atom is 0.279 e. The van der Waals surface area contributed by atoms with E-state index in [9.17, 15) is 18.0 Å². The van der Waals surface area contributed by atoms with Crippen LogP contribution in [0.2, 0.25) is 0 Å². The molecule has 0 radical (unpaired) electrons. The molecular weight excluding hydrogens is 341 g/mol. The van der Waals surface area contributed by atoms with Gasteiger partial charge in [0.15, 0.2) is 24.0 Å². The van der Waals surface area contributed by atoms with Gasteiger partial charge < -0.3 is 10.6 Å². The van der Waals surface area contributed by atoms with Crippen LogP contribution in [0.25, 0.3) is 10.8 Å². The van der Waals surface area contributed by atoms with Crippen LogP contribution >= 0.6 is 0 Å². The predicted octanol–water partition coefficient (Wildman–Crippen LogP) is 3.52. The van der Waals surface area contributed by atoms with Crippen LogP contribution in [0.1, 0.15) is 18.5 Å². The number of nitrogens with one attached hydrogen (secondary N) is 1. The number of nitrogens with two attached hydrogens (primary N) is 1. The van der Waals surface area contributed by atoms with Gasteiger partial charge in [0.2, 0.25) is 0 Å².